The van der Waals surface area contributed by atoms with E-state index in [4.69, 9.17) is 0 Å². The Morgan fingerprint density at radius 1 is 1.18 bits per heavy atom. The van der Waals surface area contributed by atoms with Crippen LogP contribution in [0.4, 0.5) is 0 Å². The molecule has 0 saturated heterocycles. The van der Waals surface area contributed by atoms with Crippen LogP contribution < -0.4 is 5.32 Å². The summed E-state index contributed by atoms with van der Waals surface area (Å²) in [5.74, 6) is 0. The summed E-state index contributed by atoms with van der Waals surface area (Å²) in [6.45, 7) is 4.56. The molecule has 1 rings (SSSR count). The van der Waals surface area contributed by atoms with Crippen LogP contribution in [-0.2, 0) is 6.42 Å². The van der Waals surface area contributed by atoms with Crippen molar-refractivity contribution in [1.29, 1.82) is 0 Å². The van der Waals surface area contributed by atoms with Crippen LogP contribution in [0.15, 0.2) is 30.3 Å². The van der Waals surface area contributed by atoms with Crippen LogP contribution in [0.5, 0.6) is 0 Å². The fourth-order valence-electron chi connectivity index (χ4n) is 1.87. The minimum absolute atomic E-state index is 0.609. The molecule has 1 aromatic rings. The van der Waals surface area contributed by atoms with Crippen molar-refractivity contribution in [1.82, 2.24) is 10.2 Å². The van der Waals surface area contributed by atoms with Crippen LogP contribution in [0.1, 0.15) is 25.3 Å². The quantitative estimate of drug-likeness (QED) is 0.695. The molecule has 0 bridgehead atoms. The summed E-state index contributed by atoms with van der Waals surface area (Å²) in [5.41, 5.74) is 1.44. The number of nitrogens with zero attached hydrogens (tertiary/aromatic N) is 1. The number of hydrogen-bond donors (Lipinski definition) is 1. The Morgan fingerprint density at radius 2 is 1.88 bits per heavy atom. The number of rotatable bonds is 8. The maximum absolute atomic E-state index is 3.58. The second kappa shape index (κ2) is 8.26. The predicted molar refractivity (Wildman–Crippen MR) is 75.4 cm³/mol. The van der Waals surface area contributed by atoms with Crippen LogP contribution in [0, 0.1) is 0 Å². The van der Waals surface area contributed by atoms with Crippen molar-refractivity contribution < 1.29 is 0 Å². The molecule has 2 heteroatoms. The van der Waals surface area contributed by atoms with Crippen molar-refractivity contribution in [3.8, 4) is 0 Å². The Labute approximate surface area is 106 Å². The largest absolute Gasteiger partial charge is 0.314 e. The molecule has 1 unspecified atom stereocenters. The van der Waals surface area contributed by atoms with Gasteiger partial charge >= 0.3 is 0 Å². The van der Waals surface area contributed by atoms with E-state index in [1.54, 1.807) is 0 Å². The zero-order valence-electron chi connectivity index (χ0n) is 11.4. The van der Waals surface area contributed by atoms with Crippen molar-refractivity contribution >= 4 is 0 Å². The van der Waals surface area contributed by atoms with E-state index in [1.807, 2.05) is 0 Å². The van der Waals surface area contributed by atoms with Gasteiger partial charge in [-0.25, -0.2) is 0 Å². The zero-order chi connectivity index (χ0) is 12.5. The van der Waals surface area contributed by atoms with Crippen LogP contribution >= 0.6 is 0 Å². The highest BCUT2D eigenvalue weighted by atomic mass is 15.1. The average molecular weight is 234 g/mol. The number of hydrogen-bond acceptors (Lipinski definition) is 2. The molecular weight excluding hydrogens is 208 g/mol. The van der Waals surface area contributed by atoms with E-state index in [9.17, 15) is 0 Å². The minimum Gasteiger partial charge on any atom is -0.314 e. The normalized spacial score (nSPS) is 12.9. The van der Waals surface area contributed by atoms with Crippen molar-refractivity contribution in [3.05, 3.63) is 35.9 Å². The minimum atomic E-state index is 0.609. The second-order valence-corrected chi connectivity index (χ2v) is 5.04. The van der Waals surface area contributed by atoms with Gasteiger partial charge in [0.2, 0.25) is 0 Å². The third-order valence-corrected chi connectivity index (χ3v) is 2.98. The molecular formula is C15H26N2. The third kappa shape index (κ3) is 7.14. The summed E-state index contributed by atoms with van der Waals surface area (Å²) in [7, 11) is 4.25. The van der Waals surface area contributed by atoms with E-state index in [0.717, 1.165) is 6.54 Å². The van der Waals surface area contributed by atoms with Gasteiger partial charge in [0, 0.05) is 6.04 Å². The molecule has 1 N–H and O–H groups in total. The lowest BCUT2D eigenvalue weighted by Gasteiger charge is -2.15. The summed E-state index contributed by atoms with van der Waals surface area (Å²) in [4.78, 5) is 2.23. The van der Waals surface area contributed by atoms with E-state index >= 15 is 0 Å². The lowest BCUT2D eigenvalue weighted by Crippen LogP contribution is -2.29. The van der Waals surface area contributed by atoms with Gasteiger partial charge in [0.05, 0.1) is 0 Å². The molecule has 17 heavy (non-hydrogen) atoms. The summed E-state index contributed by atoms with van der Waals surface area (Å²) < 4.78 is 0. The van der Waals surface area contributed by atoms with Gasteiger partial charge in [0.1, 0.15) is 0 Å². The van der Waals surface area contributed by atoms with Crippen molar-refractivity contribution in [2.75, 3.05) is 27.2 Å². The van der Waals surface area contributed by atoms with E-state index in [0.29, 0.717) is 6.04 Å². The highest BCUT2D eigenvalue weighted by Gasteiger charge is 2.01. The topological polar surface area (TPSA) is 15.3 Å². The summed E-state index contributed by atoms with van der Waals surface area (Å²) in [6, 6.07) is 11.3. The maximum Gasteiger partial charge on any atom is 0.00419 e. The van der Waals surface area contributed by atoms with Gasteiger partial charge < -0.3 is 10.2 Å². The van der Waals surface area contributed by atoms with Gasteiger partial charge in [-0.3, -0.25) is 0 Å². The van der Waals surface area contributed by atoms with Gasteiger partial charge in [-0.15, -0.1) is 0 Å². The maximum atomic E-state index is 3.58. The Morgan fingerprint density at radius 3 is 2.53 bits per heavy atom. The smallest absolute Gasteiger partial charge is 0.00419 e. The summed E-state index contributed by atoms with van der Waals surface area (Å²) >= 11 is 0. The Bertz CT molecular complexity index is 282. The highest BCUT2D eigenvalue weighted by molar-refractivity contribution is 5.14. The molecule has 0 aliphatic heterocycles. The molecule has 1 atom stereocenters. The van der Waals surface area contributed by atoms with Crippen molar-refractivity contribution in [2.45, 2.75) is 32.2 Å². The summed E-state index contributed by atoms with van der Waals surface area (Å²) in [5, 5.41) is 3.58. The molecule has 0 spiro atoms. The molecule has 0 amide bonds. The first-order valence-corrected chi connectivity index (χ1v) is 6.60. The molecule has 0 saturated carbocycles. The molecule has 0 heterocycles. The Balaban J connectivity index is 2.07. The van der Waals surface area contributed by atoms with Gasteiger partial charge in [-0.1, -0.05) is 30.3 Å². The van der Waals surface area contributed by atoms with Gasteiger partial charge in [0.15, 0.2) is 0 Å². The van der Waals surface area contributed by atoms with Crippen LogP contribution in [-0.4, -0.2) is 38.1 Å². The van der Waals surface area contributed by atoms with Crippen molar-refractivity contribution in [2.24, 2.45) is 0 Å². The van der Waals surface area contributed by atoms with Gasteiger partial charge in [-0.05, 0) is 58.9 Å². The first-order chi connectivity index (χ1) is 8.18. The number of benzene rings is 1. The molecule has 2 nitrogen and oxygen atoms in total. The zero-order valence-corrected chi connectivity index (χ0v) is 11.4. The second-order valence-electron chi connectivity index (χ2n) is 5.04. The first-order valence-electron chi connectivity index (χ1n) is 6.60. The lowest BCUT2D eigenvalue weighted by molar-refractivity contribution is 0.385. The number of aryl methyl sites for hydroxylation is 1. The Kier molecular flexibility index (Phi) is 6.90. The fraction of sp³-hybridized carbons (Fsp3) is 0.600. The third-order valence-electron chi connectivity index (χ3n) is 2.98. The van der Waals surface area contributed by atoms with E-state index in [-0.39, 0.29) is 0 Å². The van der Waals surface area contributed by atoms with Crippen LogP contribution in [0.3, 0.4) is 0 Å². The van der Waals surface area contributed by atoms with Gasteiger partial charge in [0.25, 0.3) is 0 Å². The first kappa shape index (κ1) is 14.2. The van der Waals surface area contributed by atoms with Crippen LogP contribution in [0.25, 0.3) is 0 Å². The van der Waals surface area contributed by atoms with E-state index in [2.05, 4.69) is 61.6 Å². The monoisotopic (exact) mass is 234 g/mol. The Hall–Kier alpha value is -0.860. The summed E-state index contributed by atoms with van der Waals surface area (Å²) in [6.07, 6.45) is 3.61. The van der Waals surface area contributed by atoms with Crippen molar-refractivity contribution in [3.63, 3.8) is 0 Å². The fourth-order valence-corrected chi connectivity index (χ4v) is 1.87. The van der Waals surface area contributed by atoms with Crippen LogP contribution in [0.2, 0.25) is 0 Å². The molecule has 0 aliphatic rings. The standard InChI is InChI=1S/C15H26N2/c1-14(16-12-7-13-17(2)3)10-11-15-8-5-4-6-9-15/h4-6,8-9,14,16H,7,10-13H2,1-3H3. The molecule has 1 aromatic carbocycles. The van der Waals surface area contributed by atoms with E-state index in [1.165, 1.54) is 31.4 Å². The SMILES string of the molecule is CC(CCc1ccccc1)NCCCN(C)C. The molecule has 0 radical (unpaired) electrons. The average Bonchev–Trinajstić information content (AvgIpc) is 2.33. The van der Waals surface area contributed by atoms with E-state index < -0.39 is 0 Å². The molecule has 96 valence electrons. The number of nitrogens with one attached hydrogen (secondary N) is 1. The predicted octanol–water partition coefficient (Wildman–Crippen LogP) is 2.55. The lowest BCUT2D eigenvalue weighted by atomic mass is 10.1. The molecule has 0 aliphatic carbocycles. The molecule has 0 aromatic heterocycles. The molecule has 0 fully saturated rings. The highest BCUT2D eigenvalue weighted by Crippen LogP contribution is 2.04. The van der Waals surface area contributed by atoms with Gasteiger partial charge in [-0.2, -0.15) is 0 Å².